The van der Waals surface area contributed by atoms with Gasteiger partial charge in [-0.25, -0.2) is 4.98 Å². The zero-order chi connectivity index (χ0) is 15.8. The Morgan fingerprint density at radius 1 is 1.33 bits per heavy atom. The van der Waals surface area contributed by atoms with Gasteiger partial charge in [0.1, 0.15) is 5.82 Å². The fourth-order valence-corrected chi connectivity index (χ4v) is 1.70. The van der Waals surface area contributed by atoms with Crippen molar-refractivity contribution in [1.29, 1.82) is 0 Å². The number of nitrogens with one attached hydrogen (secondary N) is 1. The van der Waals surface area contributed by atoms with E-state index in [4.69, 9.17) is 4.74 Å². The van der Waals surface area contributed by atoms with Gasteiger partial charge in [0, 0.05) is 13.0 Å². The number of nitrogens with zero attached hydrogens (tertiary/aromatic N) is 3. The van der Waals surface area contributed by atoms with Crippen LogP contribution in [0.25, 0.3) is 0 Å². The second-order valence-electron chi connectivity index (χ2n) is 5.21. The van der Waals surface area contributed by atoms with E-state index in [1.807, 2.05) is 13.8 Å². The molecule has 0 saturated carbocycles. The topological polar surface area (TPSA) is 90.2 Å². The van der Waals surface area contributed by atoms with Gasteiger partial charge in [0.15, 0.2) is 0 Å². The van der Waals surface area contributed by atoms with Crippen LogP contribution in [0, 0.1) is 16.0 Å². The average Bonchev–Trinajstić information content (AvgIpc) is 2.43. The highest BCUT2D eigenvalue weighted by molar-refractivity contribution is 5.61. The summed E-state index contributed by atoms with van der Waals surface area (Å²) in [6.07, 6.45) is 2.27. The zero-order valence-electron chi connectivity index (χ0n) is 13.2. The molecule has 0 radical (unpaired) electrons. The van der Waals surface area contributed by atoms with Crippen molar-refractivity contribution in [3.05, 3.63) is 15.9 Å². The van der Waals surface area contributed by atoms with Crippen molar-refractivity contribution in [2.45, 2.75) is 47.0 Å². The molecule has 0 spiro atoms. The maximum absolute atomic E-state index is 11.3. The molecule has 0 saturated heterocycles. The second kappa shape index (κ2) is 8.39. The lowest BCUT2D eigenvalue weighted by molar-refractivity contribution is -0.385. The van der Waals surface area contributed by atoms with Gasteiger partial charge in [-0.1, -0.05) is 27.7 Å². The smallest absolute Gasteiger partial charge is 0.372 e. The second-order valence-corrected chi connectivity index (χ2v) is 5.21. The Morgan fingerprint density at radius 2 is 2.05 bits per heavy atom. The van der Waals surface area contributed by atoms with Gasteiger partial charge in [0.25, 0.3) is 5.88 Å². The van der Waals surface area contributed by atoms with Crippen LogP contribution in [0.4, 0.5) is 11.5 Å². The van der Waals surface area contributed by atoms with Crippen LogP contribution in [0.2, 0.25) is 0 Å². The van der Waals surface area contributed by atoms with Gasteiger partial charge in [0.05, 0.1) is 11.5 Å². The predicted octanol–water partition coefficient (Wildman–Crippen LogP) is 3.19. The number of ether oxygens (including phenoxy) is 1. The summed E-state index contributed by atoms with van der Waals surface area (Å²) < 4.78 is 5.43. The van der Waals surface area contributed by atoms with Crippen molar-refractivity contribution >= 4 is 11.5 Å². The molecule has 0 aliphatic rings. The first-order valence-electron chi connectivity index (χ1n) is 7.41. The molecular weight excluding hydrogens is 272 g/mol. The normalized spacial score (nSPS) is 10.7. The molecule has 1 heterocycles. The third kappa shape index (κ3) is 5.17. The Kier molecular flexibility index (Phi) is 6.84. The van der Waals surface area contributed by atoms with E-state index in [1.54, 1.807) is 0 Å². The van der Waals surface area contributed by atoms with Crippen LogP contribution < -0.4 is 10.1 Å². The predicted molar refractivity (Wildman–Crippen MR) is 81.8 cm³/mol. The lowest BCUT2D eigenvalue weighted by Crippen LogP contribution is -2.12. The minimum Gasteiger partial charge on any atom is -0.473 e. The molecule has 0 bridgehead atoms. The van der Waals surface area contributed by atoms with E-state index in [2.05, 4.69) is 29.1 Å². The first-order chi connectivity index (χ1) is 9.99. The molecule has 7 heteroatoms. The Morgan fingerprint density at radius 3 is 2.57 bits per heavy atom. The third-order valence-corrected chi connectivity index (χ3v) is 2.85. The van der Waals surface area contributed by atoms with Gasteiger partial charge in [-0.3, -0.25) is 10.1 Å². The summed E-state index contributed by atoms with van der Waals surface area (Å²) in [5.74, 6) is 1.36. The minimum atomic E-state index is -0.484. The van der Waals surface area contributed by atoms with Crippen LogP contribution in [-0.2, 0) is 6.42 Å². The van der Waals surface area contributed by atoms with Crippen molar-refractivity contribution in [2.75, 3.05) is 18.5 Å². The number of aromatic nitrogens is 2. The van der Waals surface area contributed by atoms with Crippen LogP contribution in [0.5, 0.6) is 5.88 Å². The summed E-state index contributed by atoms with van der Waals surface area (Å²) in [6.45, 7) is 9.07. The van der Waals surface area contributed by atoms with E-state index in [9.17, 15) is 10.1 Å². The third-order valence-electron chi connectivity index (χ3n) is 2.85. The van der Waals surface area contributed by atoms with Crippen molar-refractivity contribution in [3.8, 4) is 5.88 Å². The van der Waals surface area contributed by atoms with Crippen molar-refractivity contribution in [2.24, 2.45) is 5.92 Å². The van der Waals surface area contributed by atoms with E-state index in [1.165, 1.54) is 0 Å². The summed E-state index contributed by atoms with van der Waals surface area (Å²) in [7, 11) is 0. The van der Waals surface area contributed by atoms with E-state index in [0.717, 1.165) is 12.8 Å². The molecule has 21 heavy (non-hydrogen) atoms. The summed E-state index contributed by atoms with van der Waals surface area (Å²) in [5, 5.41) is 14.4. The van der Waals surface area contributed by atoms with E-state index >= 15 is 0 Å². The molecule has 0 aliphatic heterocycles. The van der Waals surface area contributed by atoms with Gasteiger partial charge in [0.2, 0.25) is 5.82 Å². The Balaban J connectivity index is 3.08. The molecular formula is C14H24N4O3. The number of aryl methyl sites for hydroxylation is 1. The fourth-order valence-electron chi connectivity index (χ4n) is 1.70. The molecule has 0 unspecified atom stereocenters. The molecule has 0 aliphatic carbocycles. The molecule has 0 fully saturated rings. The van der Waals surface area contributed by atoms with Crippen LogP contribution in [-0.4, -0.2) is 28.0 Å². The summed E-state index contributed by atoms with van der Waals surface area (Å²) in [4.78, 5) is 19.2. The monoisotopic (exact) mass is 296 g/mol. The van der Waals surface area contributed by atoms with E-state index < -0.39 is 4.92 Å². The van der Waals surface area contributed by atoms with Crippen LogP contribution in [0.3, 0.4) is 0 Å². The van der Waals surface area contributed by atoms with Crippen LogP contribution in [0.15, 0.2) is 0 Å². The fraction of sp³-hybridized carbons (Fsp3) is 0.714. The molecule has 1 aromatic heterocycles. The molecule has 118 valence electrons. The number of nitro groups is 1. The van der Waals surface area contributed by atoms with Crippen molar-refractivity contribution in [1.82, 2.24) is 9.97 Å². The van der Waals surface area contributed by atoms with Crippen molar-refractivity contribution in [3.63, 3.8) is 0 Å². The summed E-state index contributed by atoms with van der Waals surface area (Å²) >= 11 is 0. The van der Waals surface area contributed by atoms with Gasteiger partial charge in [-0.2, -0.15) is 4.98 Å². The van der Waals surface area contributed by atoms with E-state index in [0.29, 0.717) is 31.3 Å². The molecule has 1 aromatic rings. The molecule has 0 atom stereocenters. The quantitative estimate of drug-likeness (QED) is 0.556. The van der Waals surface area contributed by atoms with Crippen LogP contribution >= 0.6 is 0 Å². The standard InChI is InChI=1S/C14H24N4O3/c1-5-9-21-14-12(18(19)20)13(15-8-7-10(3)4)16-11(6-2)17-14/h10H,5-9H2,1-4H3,(H,15,16,17). The number of hydrogen-bond acceptors (Lipinski definition) is 6. The Labute approximate surface area is 125 Å². The first-order valence-corrected chi connectivity index (χ1v) is 7.41. The minimum absolute atomic E-state index is 0.0562. The number of rotatable bonds is 9. The highest BCUT2D eigenvalue weighted by atomic mass is 16.6. The van der Waals surface area contributed by atoms with Crippen LogP contribution in [0.1, 0.15) is 46.4 Å². The zero-order valence-corrected chi connectivity index (χ0v) is 13.2. The highest BCUT2D eigenvalue weighted by Gasteiger charge is 2.25. The van der Waals surface area contributed by atoms with Gasteiger partial charge < -0.3 is 10.1 Å². The summed E-state index contributed by atoms with van der Waals surface area (Å²) in [6, 6.07) is 0. The molecule has 1 rings (SSSR count). The number of hydrogen-bond donors (Lipinski definition) is 1. The Hall–Kier alpha value is -1.92. The number of anilines is 1. The molecule has 0 amide bonds. The van der Waals surface area contributed by atoms with Gasteiger partial charge in [-0.05, 0) is 18.8 Å². The maximum atomic E-state index is 11.3. The lowest BCUT2D eigenvalue weighted by Gasteiger charge is -2.12. The van der Waals surface area contributed by atoms with Gasteiger partial charge in [-0.15, -0.1) is 0 Å². The first kappa shape index (κ1) is 17.1. The SMILES string of the molecule is CCCOc1nc(CC)nc(NCCC(C)C)c1[N+](=O)[O-]. The summed E-state index contributed by atoms with van der Waals surface area (Å²) in [5.41, 5.74) is -0.176. The lowest BCUT2D eigenvalue weighted by atomic mass is 10.1. The van der Waals surface area contributed by atoms with Gasteiger partial charge >= 0.3 is 5.69 Å². The Bertz CT molecular complexity index is 478. The van der Waals surface area contributed by atoms with Crippen molar-refractivity contribution < 1.29 is 9.66 Å². The molecule has 0 aromatic carbocycles. The van der Waals surface area contributed by atoms with E-state index in [-0.39, 0.29) is 17.4 Å². The average molecular weight is 296 g/mol. The highest BCUT2D eigenvalue weighted by Crippen LogP contribution is 2.32. The molecule has 1 N–H and O–H groups in total. The maximum Gasteiger partial charge on any atom is 0.372 e. The molecule has 7 nitrogen and oxygen atoms in total. The largest absolute Gasteiger partial charge is 0.473 e.